The van der Waals surface area contributed by atoms with Gasteiger partial charge in [0.25, 0.3) is 0 Å². The fraction of sp³-hybridized carbons (Fsp3) is 0.200. The van der Waals surface area contributed by atoms with Gasteiger partial charge in [0.05, 0.1) is 19.8 Å². The lowest BCUT2D eigenvalue weighted by atomic mass is 10.1. The van der Waals surface area contributed by atoms with Crippen LogP contribution in [0.15, 0.2) is 92.5 Å². The predicted octanol–water partition coefficient (Wildman–Crippen LogP) is 5.55. The quantitative estimate of drug-likeness (QED) is 0.438. The van der Waals surface area contributed by atoms with Gasteiger partial charge in [0.2, 0.25) is 0 Å². The van der Waals surface area contributed by atoms with E-state index in [1.165, 1.54) is 16.7 Å². The van der Waals surface area contributed by atoms with E-state index in [2.05, 4.69) is 56.1 Å². The summed E-state index contributed by atoms with van der Waals surface area (Å²) in [5.74, 6) is 0. The molecule has 0 bridgehead atoms. The molecule has 3 atom stereocenters. The highest BCUT2D eigenvalue weighted by Crippen LogP contribution is 2.35. The lowest BCUT2D eigenvalue weighted by molar-refractivity contribution is 0.410. The fourth-order valence-corrected chi connectivity index (χ4v) is 3.38. The maximum atomic E-state index is 5.21. The van der Waals surface area contributed by atoms with Crippen molar-refractivity contribution in [2.75, 3.05) is 19.8 Å². The Labute approximate surface area is 207 Å². The molecule has 4 N–H and O–H groups in total. The van der Waals surface area contributed by atoms with Crippen molar-refractivity contribution in [3.8, 4) is 0 Å². The lowest BCUT2D eigenvalue weighted by Gasteiger charge is -1.98. The molecule has 3 aliphatic heterocycles. The first-order valence-corrected chi connectivity index (χ1v) is 11.2. The lowest BCUT2D eigenvalue weighted by Crippen LogP contribution is -1.84. The highest BCUT2D eigenvalue weighted by Gasteiger charge is 2.28. The molecule has 0 aliphatic carbocycles. The molecular weight excluding hydrogens is 440 g/mol. The summed E-state index contributed by atoms with van der Waals surface area (Å²) in [6.45, 7) is 13.7. The molecule has 5 heteroatoms. The predicted molar refractivity (Wildman–Crippen MR) is 143 cm³/mol. The van der Waals surface area contributed by atoms with E-state index < -0.39 is 0 Å². The van der Waals surface area contributed by atoms with E-state index in [0.29, 0.717) is 18.3 Å². The first-order chi connectivity index (χ1) is 16.2. The van der Waals surface area contributed by atoms with Crippen molar-refractivity contribution in [1.29, 1.82) is 0 Å². The van der Waals surface area contributed by atoms with E-state index >= 15 is 0 Å². The topological polar surface area (TPSA) is 101 Å². The van der Waals surface area contributed by atoms with Crippen LogP contribution < -0.4 is 0 Å². The molecular formula is C30H34O5. The molecule has 3 aromatic rings. The zero-order valence-electron chi connectivity index (χ0n) is 19.9. The summed E-state index contributed by atoms with van der Waals surface area (Å²) in [7, 11) is 0. The molecule has 5 nitrogen and oxygen atoms in total. The van der Waals surface area contributed by atoms with Crippen LogP contribution in [0.3, 0.4) is 0 Å². The van der Waals surface area contributed by atoms with Gasteiger partial charge in [-0.1, -0.05) is 98.6 Å². The summed E-state index contributed by atoms with van der Waals surface area (Å²) in [6, 6.07) is 24.8. The molecule has 0 radical (unpaired) electrons. The van der Waals surface area contributed by atoms with Crippen LogP contribution in [0.2, 0.25) is 0 Å². The van der Waals surface area contributed by atoms with Crippen molar-refractivity contribution in [1.82, 2.24) is 0 Å². The van der Waals surface area contributed by atoms with Gasteiger partial charge in [-0.25, -0.2) is 0 Å². The van der Waals surface area contributed by atoms with Crippen molar-refractivity contribution in [2.24, 2.45) is 0 Å². The summed E-state index contributed by atoms with van der Waals surface area (Å²) in [4.78, 5) is 0. The largest absolute Gasteiger partial charge is 0.412 e. The molecule has 3 heterocycles. The van der Waals surface area contributed by atoms with Crippen molar-refractivity contribution in [3.05, 3.63) is 126 Å². The second-order valence-corrected chi connectivity index (χ2v) is 8.09. The monoisotopic (exact) mass is 474 g/mol. The SMILES string of the molecule is C=Cc1cccc(C2CO2)c1.C=Cc1cccc(C=C)c1.O.O.c1cc(C2CO2)cc(C2CO2)c1. The van der Waals surface area contributed by atoms with Crippen LogP contribution in [0.1, 0.15) is 51.7 Å². The molecule has 0 aromatic heterocycles. The first-order valence-electron chi connectivity index (χ1n) is 11.2. The third-order valence-electron chi connectivity index (χ3n) is 5.55. The minimum Gasteiger partial charge on any atom is -0.412 e. The average molecular weight is 475 g/mol. The Hall–Kier alpha value is -3.32. The number of hydrogen-bond acceptors (Lipinski definition) is 3. The third kappa shape index (κ3) is 8.76. The molecule has 3 fully saturated rings. The van der Waals surface area contributed by atoms with Gasteiger partial charge in [-0.05, 0) is 45.5 Å². The highest BCUT2D eigenvalue weighted by atomic mass is 16.6. The zero-order chi connectivity index (χ0) is 23.0. The van der Waals surface area contributed by atoms with Crippen LogP contribution in [0.25, 0.3) is 18.2 Å². The molecule has 3 aromatic carbocycles. The zero-order valence-corrected chi connectivity index (χ0v) is 19.9. The van der Waals surface area contributed by atoms with Crippen LogP contribution in [-0.4, -0.2) is 30.8 Å². The maximum Gasteiger partial charge on any atom is 0.106 e. The Morgan fingerprint density at radius 2 is 0.829 bits per heavy atom. The Bertz CT molecular complexity index is 1060. The van der Waals surface area contributed by atoms with Crippen molar-refractivity contribution in [2.45, 2.75) is 18.3 Å². The van der Waals surface area contributed by atoms with Crippen LogP contribution >= 0.6 is 0 Å². The number of ether oxygens (including phenoxy) is 3. The maximum absolute atomic E-state index is 5.21. The minimum atomic E-state index is 0. The van der Waals surface area contributed by atoms with E-state index in [9.17, 15) is 0 Å². The van der Waals surface area contributed by atoms with Gasteiger partial charge >= 0.3 is 0 Å². The first kappa shape index (κ1) is 27.9. The number of epoxide rings is 3. The Kier molecular flexibility index (Phi) is 10.8. The molecule has 35 heavy (non-hydrogen) atoms. The molecule has 0 amide bonds. The average Bonchev–Trinajstić information content (AvgIpc) is 3.74. The Morgan fingerprint density at radius 3 is 1.20 bits per heavy atom. The van der Waals surface area contributed by atoms with Crippen LogP contribution in [-0.2, 0) is 14.2 Å². The van der Waals surface area contributed by atoms with Gasteiger partial charge < -0.3 is 25.2 Å². The molecule has 6 rings (SSSR count). The smallest absolute Gasteiger partial charge is 0.106 e. The van der Waals surface area contributed by atoms with Gasteiger partial charge in [-0.3, -0.25) is 0 Å². The van der Waals surface area contributed by atoms with Gasteiger partial charge in [0.15, 0.2) is 0 Å². The number of rotatable bonds is 6. The summed E-state index contributed by atoms with van der Waals surface area (Å²) < 4.78 is 15.6. The highest BCUT2D eigenvalue weighted by molar-refractivity contribution is 5.55. The minimum absolute atomic E-state index is 0. The van der Waals surface area contributed by atoms with E-state index in [1.807, 2.05) is 54.6 Å². The van der Waals surface area contributed by atoms with Gasteiger partial charge in [0, 0.05) is 0 Å². The summed E-state index contributed by atoms with van der Waals surface area (Å²) in [5, 5.41) is 0. The van der Waals surface area contributed by atoms with E-state index in [1.54, 1.807) is 0 Å². The number of hydrogen-bond donors (Lipinski definition) is 0. The van der Waals surface area contributed by atoms with Crippen LogP contribution in [0.4, 0.5) is 0 Å². The fourth-order valence-electron chi connectivity index (χ4n) is 3.38. The molecule has 3 aliphatic rings. The van der Waals surface area contributed by atoms with Gasteiger partial charge in [-0.2, -0.15) is 0 Å². The van der Waals surface area contributed by atoms with E-state index in [0.717, 1.165) is 36.5 Å². The van der Waals surface area contributed by atoms with E-state index in [-0.39, 0.29) is 11.0 Å². The molecule has 3 saturated heterocycles. The molecule has 3 unspecified atom stereocenters. The molecule has 0 saturated carbocycles. The summed E-state index contributed by atoms with van der Waals surface area (Å²) in [5.41, 5.74) is 7.29. The molecule has 184 valence electrons. The number of benzene rings is 3. The summed E-state index contributed by atoms with van der Waals surface area (Å²) in [6.07, 6.45) is 6.59. The van der Waals surface area contributed by atoms with Crippen LogP contribution in [0.5, 0.6) is 0 Å². The van der Waals surface area contributed by atoms with E-state index in [4.69, 9.17) is 14.2 Å². The van der Waals surface area contributed by atoms with Crippen molar-refractivity contribution < 1.29 is 25.2 Å². The van der Waals surface area contributed by atoms with Crippen molar-refractivity contribution in [3.63, 3.8) is 0 Å². The van der Waals surface area contributed by atoms with Gasteiger partial charge in [-0.15, -0.1) is 0 Å². The third-order valence-corrected chi connectivity index (χ3v) is 5.55. The Balaban J connectivity index is 0.000000181. The summed E-state index contributed by atoms with van der Waals surface area (Å²) >= 11 is 0. The standard InChI is InChI=1S/C10H10O2.C10H10O.C10H10.2H2O/c1-2-7(9-5-11-9)4-8(3-1)10-6-12-10;1-2-8-4-3-5-9(6-8)10-7-11-10;1-3-9-6-5-7-10(4-2)8-9;;/h1-4,9-10H,5-6H2;2-6,10H,1,7H2;3-8H,1-2H2;2*1H2. The Morgan fingerprint density at radius 1 is 0.514 bits per heavy atom. The second-order valence-electron chi connectivity index (χ2n) is 8.09. The molecule has 0 spiro atoms. The van der Waals surface area contributed by atoms with Gasteiger partial charge in [0.1, 0.15) is 18.3 Å². The second kappa shape index (κ2) is 13.5. The van der Waals surface area contributed by atoms with Crippen molar-refractivity contribution >= 4 is 18.2 Å². The normalized spacial score (nSPS) is 20.1. The van der Waals surface area contributed by atoms with Crippen LogP contribution in [0, 0.1) is 0 Å².